The van der Waals surface area contributed by atoms with E-state index >= 15 is 0 Å². The van der Waals surface area contributed by atoms with Crippen LogP contribution in [0.1, 0.15) is 40.5 Å². The molecule has 0 aromatic rings. The van der Waals surface area contributed by atoms with Crippen LogP contribution in [0.25, 0.3) is 0 Å². The summed E-state index contributed by atoms with van der Waals surface area (Å²) >= 11 is 0. The molecule has 2 N–H and O–H groups in total. The molecule has 0 bridgehead atoms. The van der Waals surface area contributed by atoms with Crippen LogP contribution in [0.3, 0.4) is 0 Å². The minimum absolute atomic E-state index is 0.167. The highest BCUT2D eigenvalue weighted by molar-refractivity contribution is 7.92. The van der Waals surface area contributed by atoms with Crippen molar-refractivity contribution in [3.05, 3.63) is 0 Å². The van der Waals surface area contributed by atoms with Gasteiger partial charge in [-0.1, -0.05) is 0 Å². The number of sulfone groups is 1. The molecule has 98 valence electrons. The summed E-state index contributed by atoms with van der Waals surface area (Å²) < 4.78 is 22.9. The second kappa shape index (κ2) is 6.57. The first-order chi connectivity index (χ1) is 7.20. The third-order valence-corrected chi connectivity index (χ3v) is 5.20. The first-order valence-electron chi connectivity index (χ1n) is 5.77. The van der Waals surface area contributed by atoms with Gasteiger partial charge >= 0.3 is 0 Å². The minimum Gasteiger partial charge on any atom is -0.396 e. The molecule has 0 aliphatic heterocycles. The van der Waals surface area contributed by atoms with Crippen LogP contribution in [0.5, 0.6) is 0 Å². The standard InChI is InChI=1S/C11H25NO3S/c1-10(6-5-8-13)12-7-9-16(14,15)11(2,3)4/h10,12-13H,5-9H2,1-4H3. The van der Waals surface area contributed by atoms with Crippen molar-refractivity contribution in [2.45, 2.75) is 51.3 Å². The van der Waals surface area contributed by atoms with E-state index in [1.807, 2.05) is 6.92 Å². The molecule has 1 unspecified atom stereocenters. The normalized spacial score (nSPS) is 15.1. The van der Waals surface area contributed by atoms with Gasteiger partial charge < -0.3 is 10.4 Å². The maximum absolute atomic E-state index is 11.8. The molecule has 0 heterocycles. The molecule has 0 aliphatic carbocycles. The molecular weight excluding hydrogens is 226 g/mol. The number of aliphatic hydroxyl groups is 1. The van der Waals surface area contributed by atoms with E-state index in [4.69, 9.17) is 5.11 Å². The average Bonchev–Trinajstić information content (AvgIpc) is 2.12. The summed E-state index contributed by atoms with van der Waals surface area (Å²) in [6.07, 6.45) is 1.62. The van der Waals surface area contributed by atoms with Gasteiger partial charge in [-0.15, -0.1) is 0 Å². The van der Waals surface area contributed by atoms with Crippen LogP contribution < -0.4 is 5.32 Å². The summed E-state index contributed by atoms with van der Waals surface area (Å²) in [7, 11) is -3.03. The summed E-state index contributed by atoms with van der Waals surface area (Å²) in [5.41, 5.74) is 0. The van der Waals surface area contributed by atoms with E-state index in [-0.39, 0.29) is 18.4 Å². The van der Waals surface area contributed by atoms with E-state index in [9.17, 15) is 8.42 Å². The van der Waals surface area contributed by atoms with E-state index < -0.39 is 14.6 Å². The van der Waals surface area contributed by atoms with Crippen molar-refractivity contribution in [2.24, 2.45) is 0 Å². The highest BCUT2D eigenvalue weighted by atomic mass is 32.2. The lowest BCUT2D eigenvalue weighted by Crippen LogP contribution is -2.37. The van der Waals surface area contributed by atoms with Crippen LogP contribution in [-0.4, -0.2) is 43.2 Å². The zero-order chi connectivity index (χ0) is 12.8. The average molecular weight is 251 g/mol. The Hall–Kier alpha value is -0.130. The SMILES string of the molecule is CC(CCCO)NCCS(=O)(=O)C(C)(C)C. The van der Waals surface area contributed by atoms with Gasteiger partial charge in [-0.25, -0.2) is 8.42 Å². The lowest BCUT2D eigenvalue weighted by atomic mass is 10.2. The highest BCUT2D eigenvalue weighted by Gasteiger charge is 2.28. The Balaban J connectivity index is 3.91. The van der Waals surface area contributed by atoms with Crippen LogP contribution in [-0.2, 0) is 9.84 Å². The van der Waals surface area contributed by atoms with Gasteiger partial charge in [0.15, 0.2) is 9.84 Å². The van der Waals surface area contributed by atoms with Crippen LogP contribution in [0.2, 0.25) is 0 Å². The van der Waals surface area contributed by atoms with Gasteiger partial charge in [-0.2, -0.15) is 0 Å². The second-order valence-electron chi connectivity index (χ2n) is 5.15. The Labute approximate surface area is 99.4 Å². The number of aliphatic hydroxyl groups excluding tert-OH is 1. The first-order valence-corrected chi connectivity index (χ1v) is 7.42. The van der Waals surface area contributed by atoms with Crippen molar-refractivity contribution in [3.8, 4) is 0 Å². The summed E-state index contributed by atoms with van der Waals surface area (Å²) in [4.78, 5) is 0. The minimum atomic E-state index is -3.03. The molecule has 0 rings (SSSR count). The maximum atomic E-state index is 11.8. The van der Waals surface area contributed by atoms with Crippen molar-refractivity contribution < 1.29 is 13.5 Å². The molecule has 0 spiro atoms. The smallest absolute Gasteiger partial charge is 0.156 e. The molecular formula is C11H25NO3S. The molecule has 0 aromatic heterocycles. The molecule has 0 saturated heterocycles. The van der Waals surface area contributed by atoms with E-state index in [2.05, 4.69) is 5.32 Å². The third-order valence-electron chi connectivity index (χ3n) is 2.59. The zero-order valence-corrected chi connectivity index (χ0v) is 11.6. The zero-order valence-electron chi connectivity index (χ0n) is 10.8. The Bertz CT molecular complexity index is 280. The predicted molar refractivity (Wildman–Crippen MR) is 67.3 cm³/mol. The van der Waals surface area contributed by atoms with Gasteiger partial charge in [0.05, 0.1) is 10.5 Å². The topological polar surface area (TPSA) is 66.4 Å². The fourth-order valence-corrected chi connectivity index (χ4v) is 2.24. The summed E-state index contributed by atoms with van der Waals surface area (Å²) in [6.45, 7) is 7.82. The number of hydrogen-bond donors (Lipinski definition) is 2. The molecule has 0 amide bonds. The highest BCUT2D eigenvalue weighted by Crippen LogP contribution is 2.15. The Morgan fingerprint density at radius 1 is 1.31 bits per heavy atom. The van der Waals surface area contributed by atoms with Crippen LogP contribution in [0, 0.1) is 0 Å². The number of hydrogen-bond acceptors (Lipinski definition) is 4. The molecule has 4 nitrogen and oxygen atoms in total. The van der Waals surface area contributed by atoms with Gasteiger partial charge in [0, 0.05) is 19.2 Å². The molecule has 0 radical (unpaired) electrons. The van der Waals surface area contributed by atoms with E-state index in [1.54, 1.807) is 20.8 Å². The lowest BCUT2D eigenvalue weighted by molar-refractivity contribution is 0.277. The van der Waals surface area contributed by atoms with Gasteiger partial charge in [0.1, 0.15) is 0 Å². The van der Waals surface area contributed by atoms with Crippen molar-refractivity contribution in [1.82, 2.24) is 5.32 Å². The summed E-state index contributed by atoms with van der Waals surface area (Å²) in [5, 5.41) is 11.8. The quantitative estimate of drug-likeness (QED) is 0.707. The van der Waals surface area contributed by atoms with Gasteiger partial charge in [0.2, 0.25) is 0 Å². The Morgan fingerprint density at radius 2 is 1.88 bits per heavy atom. The largest absolute Gasteiger partial charge is 0.396 e. The predicted octanol–water partition coefficient (Wildman–Crippen LogP) is 0.950. The van der Waals surface area contributed by atoms with Gasteiger partial charge in [-0.05, 0) is 40.5 Å². The van der Waals surface area contributed by atoms with E-state index in [1.165, 1.54) is 0 Å². The first kappa shape index (κ1) is 15.9. The number of nitrogens with one attached hydrogen (secondary N) is 1. The maximum Gasteiger partial charge on any atom is 0.156 e. The lowest BCUT2D eigenvalue weighted by Gasteiger charge is -2.20. The van der Waals surface area contributed by atoms with Gasteiger partial charge in [0.25, 0.3) is 0 Å². The summed E-state index contributed by atoms with van der Waals surface area (Å²) in [6, 6.07) is 0.252. The van der Waals surface area contributed by atoms with Crippen molar-refractivity contribution in [1.29, 1.82) is 0 Å². The molecule has 0 saturated carbocycles. The third kappa shape index (κ3) is 5.82. The number of rotatable bonds is 7. The van der Waals surface area contributed by atoms with E-state index in [0.717, 1.165) is 12.8 Å². The molecule has 16 heavy (non-hydrogen) atoms. The summed E-state index contributed by atoms with van der Waals surface area (Å²) in [5.74, 6) is 0.167. The van der Waals surface area contributed by atoms with Crippen molar-refractivity contribution in [2.75, 3.05) is 18.9 Å². The molecule has 1 atom stereocenters. The van der Waals surface area contributed by atoms with E-state index in [0.29, 0.717) is 6.54 Å². The van der Waals surface area contributed by atoms with Crippen molar-refractivity contribution in [3.63, 3.8) is 0 Å². The monoisotopic (exact) mass is 251 g/mol. The van der Waals surface area contributed by atoms with Crippen LogP contribution in [0.4, 0.5) is 0 Å². The fourth-order valence-electron chi connectivity index (χ4n) is 1.25. The van der Waals surface area contributed by atoms with Crippen molar-refractivity contribution >= 4 is 9.84 Å². The van der Waals surface area contributed by atoms with Crippen LogP contribution in [0.15, 0.2) is 0 Å². The fraction of sp³-hybridized carbons (Fsp3) is 1.00. The second-order valence-corrected chi connectivity index (χ2v) is 8.01. The Kier molecular flexibility index (Phi) is 6.51. The molecule has 5 heteroatoms. The Morgan fingerprint density at radius 3 is 2.31 bits per heavy atom. The molecule has 0 fully saturated rings. The van der Waals surface area contributed by atoms with Crippen LogP contribution >= 0.6 is 0 Å². The molecule has 0 aliphatic rings. The van der Waals surface area contributed by atoms with Gasteiger partial charge in [-0.3, -0.25) is 0 Å². The molecule has 0 aromatic carbocycles.